The number of ketones is 1. The number of rotatable bonds is 16. The number of likely N-dealkylation sites (tertiary alicyclic amines) is 1. The summed E-state index contributed by atoms with van der Waals surface area (Å²) >= 11 is 0. The third-order valence-corrected chi connectivity index (χ3v) is 10.2. The lowest BCUT2D eigenvalue weighted by molar-refractivity contribution is -0.143. The first-order valence-electron chi connectivity index (χ1n) is 18.4. The Kier molecular flexibility index (Phi) is 12.3. The van der Waals surface area contributed by atoms with Crippen LogP contribution in [-0.4, -0.2) is 58.8 Å². The number of aryl methyl sites for hydroxylation is 4. The van der Waals surface area contributed by atoms with Crippen molar-refractivity contribution in [3.05, 3.63) is 85.3 Å². The summed E-state index contributed by atoms with van der Waals surface area (Å²) in [5.41, 5.74) is 4.71. The lowest BCUT2D eigenvalue weighted by atomic mass is 9.83. The summed E-state index contributed by atoms with van der Waals surface area (Å²) in [6.07, 6.45) is 1.14. The van der Waals surface area contributed by atoms with Crippen LogP contribution < -0.4 is 5.56 Å². The molecule has 1 aliphatic carbocycles. The topological polar surface area (TPSA) is 81.5 Å². The van der Waals surface area contributed by atoms with Crippen LogP contribution in [0.1, 0.15) is 116 Å². The van der Waals surface area contributed by atoms with Crippen LogP contribution in [0, 0.1) is 45.2 Å². The first kappa shape index (κ1) is 38.4. The normalized spacial score (nSPS) is 16.3. The zero-order chi connectivity index (χ0) is 37.1. The summed E-state index contributed by atoms with van der Waals surface area (Å²) in [6.45, 7) is 14.5. The van der Waals surface area contributed by atoms with Gasteiger partial charge in [0.1, 0.15) is 23.8 Å². The van der Waals surface area contributed by atoms with Gasteiger partial charge in [0.2, 0.25) is 0 Å². The zero-order valence-corrected chi connectivity index (χ0v) is 31.1. The van der Waals surface area contributed by atoms with E-state index in [-0.39, 0.29) is 54.6 Å². The number of halogens is 3. The number of aromatic nitrogens is 2. The third kappa shape index (κ3) is 8.99. The fourth-order valence-corrected chi connectivity index (χ4v) is 7.58. The molecule has 2 aromatic carbocycles. The van der Waals surface area contributed by atoms with Crippen molar-refractivity contribution in [1.82, 2.24) is 14.7 Å². The van der Waals surface area contributed by atoms with E-state index in [4.69, 9.17) is 4.74 Å². The molecule has 2 aliphatic rings. The van der Waals surface area contributed by atoms with E-state index in [1.165, 1.54) is 4.68 Å². The Bertz CT molecular complexity index is 1800. The van der Waals surface area contributed by atoms with E-state index < -0.39 is 35.7 Å². The minimum absolute atomic E-state index is 0.0215. The molecule has 0 amide bonds. The number of hydrogen-bond acceptors (Lipinski definition) is 6. The molecule has 0 radical (unpaired) electrons. The van der Waals surface area contributed by atoms with Crippen LogP contribution >= 0.6 is 0 Å². The lowest BCUT2D eigenvalue weighted by Gasteiger charge is -2.34. The van der Waals surface area contributed by atoms with Crippen LogP contribution in [0.4, 0.5) is 13.2 Å². The minimum Gasteiger partial charge on any atom is -0.466 e. The molecule has 1 aromatic heterocycles. The summed E-state index contributed by atoms with van der Waals surface area (Å²) in [5.74, 6) is -3.28. The van der Waals surface area contributed by atoms with Gasteiger partial charge in [0.05, 0.1) is 18.7 Å². The SMILES string of the molecule is CCOC(=O)C[C@H](CCC(=O)[C@H](CC(C)C)n1nc(CCN2CC(F)C2)cc(C)c1=O)c1c(F)c(-c2c(C)cc(C)cc2C)cc(C2CC2)c1F. The highest BCUT2D eigenvalue weighted by atomic mass is 19.1. The second-order valence-corrected chi connectivity index (χ2v) is 15.1. The van der Waals surface area contributed by atoms with Gasteiger partial charge in [-0.25, -0.2) is 17.9 Å². The van der Waals surface area contributed by atoms with Crippen LogP contribution in [0.2, 0.25) is 0 Å². The molecule has 3 aromatic rings. The predicted octanol–water partition coefficient (Wildman–Crippen LogP) is 8.17. The number of ether oxygens (including phenoxy) is 1. The van der Waals surface area contributed by atoms with Crippen molar-refractivity contribution in [2.24, 2.45) is 5.92 Å². The Balaban J connectivity index is 1.51. The van der Waals surface area contributed by atoms with Gasteiger partial charge in [-0.1, -0.05) is 31.5 Å². The lowest BCUT2D eigenvalue weighted by Crippen LogP contribution is -2.49. The van der Waals surface area contributed by atoms with Crippen molar-refractivity contribution in [2.45, 2.75) is 117 Å². The fraction of sp³-hybridized carbons (Fsp3) is 0.561. The highest BCUT2D eigenvalue weighted by Crippen LogP contribution is 2.47. The quantitative estimate of drug-likeness (QED) is 0.140. The van der Waals surface area contributed by atoms with Gasteiger partial charge < -0.3 is 4.74 Å². The maximum Gasteiger partial charge on any atom is 0.306 e. The zero-order valence-electron chi connectivity index (χ0n) is 31.1. The molecule has 1 saturated heterocycles. The van der Waals surface area contributed by atoms with E-state index in [0.717, 1.165) is 29.5 Å². The molecule has 0 N–H and O–H groups in total. The van der Waals surface area contributed by atoms with Crippen molar-refractivity contribution >= 4 is 11.8 Å². The predicted molar refractivity (Wildman–Crippen MR) is 193 cm³/mol. The molecule has 2 atom stereocenters. The van der Waals surface area contributed by atoms with Crippen molar-refractivity contribution < 1.29 is 27.5 Å². The Morgan fingerprint density at radius 1 is 0.980 bits per heavy atom. The standard InChI is InChI=1S/C41H52F3N3O4/c1-8-51-36(49)19-29(38-39(43)32(28-9-10-28)20-33(40(38)44)37-25(5)16-24(4)17-26(37)6)11-12-35(48)34(15-23(2)3)47-41(50)27(7)18-31(45-47)13-14-46-21-30(42)22-46/h16-18,20,23,28-30,34H,8-15,19,21-22H2,1-7H3/t29-,34-/m0/s1. The number of Topliss-reactive ketones (excluding diaryl/α,β-unsaturated/α-hetero) is 1. The van der Waals surface area contributed by atoms with E-state index in [9.17, 15) is 18.8 Å². The molecule has 7 nitrogen and oxygen atoms in total. The number of nitrogens with zero attached hydrogens (tertiary/aromatic N) is 3. The number of benzene rings is 2. The van der Waals surface area contributed by atoms with Gasteiger partial charge in [-0.3, -0.25) is 19.3 Å². The highest BCUT2D eigenvalue weighted by molar-refractivity contribution is 5.83. The molecule has 5 rings (SSSR count). The Labute approximate surface area is 299 Å². The van der Waals surface area contributed by atoms with Gasteiger partial charge in [-0.15, -0.1) is 0 Å². The molecule has 51 heavy (non-hydrogen) atoms. The Morgan fingerprint density at radius 2 is 1.65 bits per heavy atom. The van der Waals surface area contributed by atoms with Crippen molar-refractivity contribution in [1.29, 1.82) is 0 Å². The van der Waals surface area contributed by atoms with Crippen LogP contribution in [0.3, 0.4) is 0 Å². The monoisotopic (exact) mass is 707 g/mol. The van der Waals surface area contributed by atoms with E-state index in [0.29, 0.717) is 60.4 Å². The molecule has 1 saturated carbocycles. The van der Waals surface area contributed by atoms with E-state index in [1.54, 1.807) is 26.0 Å². The summed E-state index contributed by atoms with van der Waals surface area (Å²) in [4.78, 5) is 42.6. The highest BCUT2D eigenvalue weighted by Gasteiger charge is 2.35. The molecule has 2 heterocycles. The number of hydrogen-bond donors (Lipinski definition) is 0. The summed E-state index contributed by atoms with van der Waals surface area (Å²) < 4.78 is 53.4. The number of carbonyl (C=O) groups excluding carboxylic acids is 2. The van der Waals surface area contributed by atoms with E-state index in [2.05, 4.69) is 5.10 Å². The average molecular weight is 708 g/mol. The number of alkyl halides is 1. The second-order valence-electron chi connectivity index (χ2n) is 15.1. The van der Waals surface area contributed by atoms with Crippen molar-refractivity contribution in [3.8, 4) is 11.1 Å². The first-order valence-corrected chi connectivity index (χ1v) is 18.4. The molecule has 0 spiro atoms. The number of carbonyl (C=O) groups is 2. The third-order valence-electron chi connectivity index (χ3n) is 10.2. The molecule has 0 bridgehead atoms. The van der Waals surface area contributed by atoms with Gasteiger partial charge in [-0.05, 0) is 107 Å². The Morgan fingerprint density at radius 3 is 2.24 bits per heavy atom. The van der Waals surface area contributed by atoms with Gasteiger partial charge >= 0.3 is 5.97 Å². The largest absolute Gasteiger partial charge is 0.466 e. The molecule has 276 valence electrons. The Hall–Kier alpha value is -3.79. The summed E-state index contributed by atoms with van der Waals surface area (Å²) in [5, 5.41) is 4.62. The van der Waals surface area contributed by atoms with Gasteiger partial charge in [0.15, 0.2) is 5.78 Å². The van der Waals surface area contributed by atoms with Gasteiger partial charge in [0, 0.05) is 55.1 Å². The smallest absolute Gasteiger partial charge is 0.306 e. The molecular weight excluding hydrogens is 655 g/mol. The summed E-state index contributed by atoms with van der Waals surface area (Å²) in [6, 6.07) is 6.39. The van der Waals surface area contributed by atoms with E-state index in [1.807, 2.05) is 51.7 Å². The van der Waals surface area contributed by atoms with Crippen LogP contribution in [0.5, 0.6) is 0 Å². The molecule has 1 aliphatic heterocycles. The number of esters is 1. The van der Waals surface area contributed by atoms with Crippen LogP contribution in [0.25, 0.3) is 11.1 Å². The average Bonchev–Trinajstić information content (AvgIpc) is 3.88. The van der Waals surface area contributed by atoms with Crippen molar-refractivity contribution in [3.63, 3.8) is 0 Å². The molecular formula is C41H52F3N3O4. The van der Waals surface area contributed by atoms with E-state index >= 15 is 8.78 Å². The van der Waals surface area contributed by atoms with Gasteiger partial charge in [-0.2, -0.15) is 5.10 Å². The maximum atomic E-state index is 16.9. The van der Waals surface area contributed by atoms with Crippen LogP contribution in [0.15, 0.2) is 29.1 Å². The molecule has 0 unspecified atom stereocenters. The molecule has 10 heteroatoms. The molecule has 2 fully saturated rings. The summed E-state index contributed by atoms with van der Waals surface area (Å²) in [7, 11) is 0. The maximum absolute atomic E-state index is 16.9. The second kappa shape index (κ2) is 16.3. The first-order chi connectivity index (χ1) is 24.2. The van der Waals surface area contributed by atoms with Crippen molar-refractivity contribution in [2.75, 3.05) is 26.2 Å². The minimum atomic E-state index is -0.982. The van der Waals surface area contributed by atoms with Crippen LogP contribution in [-0.2, 0) is 20.7 Å². The fourth-order valence-electron chi connectivity index (χ4n) is 7.58. The van der Waals surface area contributed by atoms with Gasteiger partial charge in [0.25, 0.3) is 5.56 Å².